The lowest BCUT2D eigenvalue weighted by molar-refractivity contribution is -0.117. The van der Waals surface area contributed by atoms with Gasteiger partial charge in [-0.25, -0.2) is 10.0 Å². The van der Waals surface area contributed by atoms with Gasteiger partial charge in [0.2, 0.25) is 0 Å². The van der Waals surface area contributed by atoms with E-state index in [1.165, 1.54) is 0 Å². The highest BCUT2D eigenvalue weighted by Gasteiger charge is 2.26. The molecule has 1 aliphatic heterocycles. The number of carbonyl (C=O) groups excluding carboxylic acids is 1. The molecule has 1 aliphatic rings. The molecular formula is C21H15ClN4O. The molecule has 0 saturated heterocycles. The zero-order chi connectivity index (χ0) is 18.6. The lowest BCUT2D eigenvalue weighted by Gasteiger charge is -2.30. The number of aromatic nitrogens is 1. The van der Waals surface area contributed by atoms with Gasteiger partial charge in [-0.2, -0.15) is 0 Å². The monoisotopic (exact) mass is 374 g/mol. The molecule has 1 N–H and O–H groups in total. The number of pyridine rings is 1. The van der Waals surface area contributed by atoms with Crippen molar-refractivity contribution in [2.75, 3.05) is 5.01 Å². The fraction of sp³-hybridized carbons (Fsp3) is 0. The largest absolute Gasteiger partial charge is 0.288 e. The Morgan fingerprint density at radius 1 is 0.963 bits per heavy atom. The van der Waals surface area contributed by atoms with Crippen LogP contribution in [0, 0.1) is 0 Å². The molecule has 4 rings (SSSR count). The minimum absolute atomic E-state index is 0.290. The van der Waals surface area contributed by atoms with E-state index in [0.717, 1.165) is 16.8 Å². The number of anilines is 1. The molecule has 0 bridgehead atoms. The molecule has 2 aromatic carbocycles. The maximum atomic E-state index is 12.7. The van der Waals surface area contributed by atoms with Gasteiger partial charge in [0, 0.05) is 23.0 Å². The second-order valence-corrected chi connectivity index (χ2v) is 6.31. The standard InChI is InChI=1S/C21H15ClN4O/c22-17-10-8-15(9-11-17)13-19-21(27)25-26(18-6-2-1-3-7-18)20(24-19)16-5-4-12-23-14-16/h1-14H,(H,25,27)/b19-13-. The van der Waals surface area contributed by atoms with Gasteiger partial charge in [-0.1, -0.05) is 41.9 Å². The number of amides is 1. The zero-order valence-corrected chi connectivity index (χ0v) is 15.0. The minimum atomic E-state index is -0.290. The fourth-order valence-corrected chi connectivity index (χ4v) is 2.82. The van der Waals surface area contributed by atoms with Crippen LogP contribution < -0.4 is 10.4 Å². The molecule has 27 heavy (non-hydrogen) atoms. The summed E-state index contributed by atoms with van der Waals surface area (Å²) in [6.45, 7) is 0. The summed E-state index contributed by atoms with van der Waals surface area (Å²) in [6.07, 6.45) is 5.14. The van der Waals surface area contributed by atoms with Gasteiger partial charge in [0.15, 0.2) is 5.84 Å². The summed E-state index contributed by atoms with van der Waals surface area (Å²) in [4.78, 5) is 21.5. The summed E-state index contributed by atoms with van der Waals surface area (Å²) in [5.41, 5.74) is 5.65. The molecule has 1 amide bonds. The van der Waals surface area contributed by atoms with Crippen molar-refractivity contribution in [2.24, 2.45) is 4.99 Å². The van der Waals surface area contributed by atoms with Crippen molar-refractivity contribution in [3.63, 3.8) is 0 Å². The van der Waals surface area contributed by atoms with Crippen LogP contribution >= 0.6 is 11.6 Å². The van der Waals surface area contributed by atoms with Crippen LogP contribution in [0.25, 0.3) is 6.08 Å². The average molecular weight is 375 g/mol. The summed E-state index contributed by atoms with van der Waals surface area (Å²) in [6, 6.07) is 20.5. The molecule has 6 heteroatoms. The molecule has 5 nitrogen and oxygen atoms in total. The smallest absolute Gasteiger partial charge is 0.266 e. The van der Waals surface area contributed by atoms with Crippen LogP contribution in [0.5, 0.6) is 0 Å². The van der Waals surface area contributed by atoms with Gasteiger partial charge in [-0.05, 0) is 48.0 Å². The number of benzene rings is 2. The molecule has 0 aliphatic carbocycles. The first-order chi connectivity index (χ1) is 13.2. The van der Waals surface area contributed by atoms with E-state index in [2.05, 4.69) is 15.4 Å². The molecule has 0 saturated carbocycles. The van der Waals surface area contributed by atoms with Crippen molar-refractivity contribution in [3.8, 4) is 0 Å². The minimum Gasteiger partial charge on any atom is -0.266 e. The predicted molar refractivity (Wildman–Crippen MR) is 107 cm³/mol. The van der Waals surface area contributed by atoms with Crippen LogP contribution in [0.4, 0.5) is 5.69 Å². The van der Waals surface area contributed by atoms with E-state index < -0.39 is 0 Å². The first-order valence-corrected chi connectivity index (χ1v) is 8.71. The van der Waals surface area contributed by atoms with Gasteiger partial charge in [0.05, 0.1) is 5.69 Å². The van der Waals surface area contributed by atoms with E-state index in [4.69, 9.17) is 11.6 Å². The summed E-state index contributed by atoms with van der Waals surface area (Å²) in [7, 11) is 0. The second-order valence-electron chi connectivity index (χ2n) is 5.87. The first-order valence-electron chi connectivity index (χ1n) is 8.33. The van der Waals surface area contributed by atoms with E-state index in [0.29, 0.717) is 16.6 Å². The lowest BCUT2D eigenvalue weighted by Crippen LogP contribution is -2.50. The topological polar surface area (TPSA) is 57.6 Å². The van der Waals surface area contributed by atoms with Gasteiger partial charge in [-0.15, -0.1) is 0 Å². The number of hydrogen-bond donors (Lipinski definition) is 1. The number of para-hydroxylation sites is 1. The number of nitrogens with one attached hydrogen (secondary N) is 1. The molecule has 0 spiro atoms. The lowest BCUT2D eigenvalue weighted by atomic mass is 10.1. The third-order valence-corrected chi connectivity index (χ3v) is 4.24. The van der Waals surface area contributed by atoms with Crippen LogP contribution in [-0.4, -0.2) is 16.7 Å². The van der Waals surface area contributed by atoms with E-state index >= 15 is 0 Å². The van der Waals surface area contributed by atoms with Crippen LogP contribution in [0.1, 0.15) is 11.1 Å². The van der Waals surface area contributed by atoms with Gasteiger partial charge in [0.25, 0.3) is 5.91 Å². The molecule has 1 aromatic heterocycles. The Labute approximate surface area is 161 Å². The molecular weight excluding hydrogens is 360 g/mol. The first kappa shape index (κ1) is 17.0. The van der Waals surface area contributed by atoms with Gasteiger partial charge < -0.3 is 0 Å². The highest BCUT2D eigenvalue weighted by atomic mass is 35.5. The normalized spacial score (nSPS) is 15.4. The molecule has 132 valence electrons. The van der Waals surface area contributed by atoms with Crippen molar-refractivity contribution in [1.29, 1.82) is 0 Å². The van der Waals surface area contributed by atoms with Crippen molar-refractivity contribution in [2.45, 2.75) is 0 Å². The predicted octanol–water partition coefficient (Wildman–Crippen LogP) is 4.07. The van der Waals surface area contributed by atoms with Crippen LogP contribution in [0.3, 0.4) is 0 Å². The quantitative estimate of drug-likeness (QED) is 0.703. The van der Waals surface area contributed by atoms with Crippen LogP contribution in [-0.2, 0) is 4.79 Å². The Kier molecular flexibility index (Phi) is 4.68. The Morgan fingerprint density at radius 2 is 1.74 bits per heavy atom. The van der Waals surface area contributed by atoms with Crippen LogP contribution in [0.2, 0.25) is 5.02 Å². The highest BCUT2D eigenvalue weighted by molar-refractivity contribution is 6.30. The number of halogens is 1. The summed E-state index contributed by atoms with van der Waals surface area (Å²) >= 11 is 5.93. The van der Waals surface area contributed by atoms with Crippen molar-refractivity contribution < 1.29 is 4.79 Å². The molecule has 0 fully saturated rings. The second kappa shape index (κ2) is 7.43. The van der Waals surface area contributed by atoms with Gasteiger partial charge in [-0.3, -0.25) is 15.2 Å². The van der Waals surface area contributed by atoms with Crippen molar-refractivity contribution in [1.82, 2.24) is 10.4 Å². The van der Waals surface area contributed by atoms with E-state index in [-0.39, 0.29) is 5.91 Å². The molecule has 3 aromatic rings. The number of rotatable bonds is 3. The SMILES string of the molecule is O=C1NN(c2ccccc2)C(c2cccnc2)=N/C1=C\c1ccc(Cl)cc1. The van der Waals surface area contributed by atoms with Crippen LogP contribution in [0.15, 0.2) is 89.8 Å². The highest BCUT2D eigenvalue weighted by Crippen LogP contribution is 2.22. The number of aliphatic imine (C=N–C) groups is 1. The number of hydrazine groups is 1. The van der Waals surface area contributed by atoms with E-state index in [1.54, 1.807) is 35.6 Å². The molecule has 0 atom stereocenters. The van der Waals surface area contributed by atoms with Gasteiger partial charge >= 0.3 is 0 Å². The fourth-order valence-electron chi connectivity index (χ4n) is 2.69. The Balaban J connectivity index is 1.81. The number of amidine groups is 1. The summed E-state index contributed by atoms with van der Waals surface area (Å²) in [5.74, 6) is 0.301. The maximum absolute atomic E-state index is 12.7. The summed E-state index contributed by atoms with van der Waals surface area (Å²) < 4.78 is 0. The number of hydrogen-bond acceptors (Lipinski definition) is 4. The van der Waals surface area contributed by atoms with Gasteiger partial charge in [0.1, 0.15) is 5.70 Å². The molecule has 2 heterocycles. The Morgan fingerprint density at radius 3 is 2.44 bits per heavy atom. The Bertz CT molecular complexity index is 1020. The number of nitrogens with zero attached hydrogens (tertiary/aromatic N) is 3. The maximum Gasteiger partial charge on any atom is 0.288 e. The third-order valence-electron chi connectivity index (χ3n) is 3.99. The van der Waals surface area contributed by atoms with Crippen molar-refractivity contribution >= 4 is 35.1 Å². The molecule has 0 unspecified atom stereocenters. The molecule has 0 radical (unpaired) electrons. The van der Waals surface area contributed by atoms with E-state index in [1.807, 2.05) is 54.6 Å². The third kappa shape index (κ3) is 3.73. The zero-order valence-electron chi connectivity index (χ0n) is 14.2. The average Bonchev–Trinajstić information content (AvgIpc) is 2.72. The Hall–Kier alpha value is -3.44. The van der Waals surface area contributed by atoms with E-state index in [9.17, 15) is 4.79 Å². The number of carbonyl (C=O) groups is 1. The van der Waals surface area contributed by atoms with Crippen molar-refractivity contribution in [3.05, 3.63) is 101 Å². The summed E-state index contributed by atoms with van der Waals surface area (Å²) in [5, 5.41) is 2.30.